The fraction of sp³-hybridized carbons (Fsp3) is 0.0625. The van der Waals surface area contributed by atoms with Crippen LogP contribution in [0, 0.1) is 0 Å². The fourth-order valence-electron chi connectivity index (χ4n) is 2.17. The highest BCUT2D eigenvalue weighted by Gasteiger charge is 2.34. The number of carbonyl (C=O) groups excluding carboxylic acids is 2. The molecular weight excluding hydrogens is 396 g/mol. The summed E-state index contributed by atoms with van der Waals surface area (Å²) >= 11 is 8.30. The normalized spacial score (nSPS) is 16.5. The second-order valence-corrected chi connectivity index (χ2v) is 5.97. The number of amides is 2. The third-order valence-corrected chi connectivity index (χ3v) is 4.02. The quantitative estimate of drug-likeness (QED) is 0.481. The highest BCUT2D eigenvalue weighted by atomic mass is 79.9. The van der Waals surface area contributed by atoms with E-state index in [2.05, 4.69) is 21.2 Å². The number of rotatable bonds is 3. The van der Waals surface area contributed by atoms with Gasteiger partial charge in [0.05, 0.1) is 12.8 Å². The molecule has 0 bridgehead atoms. The highest BCUT2D eigenvalue weighted by molar-refractivity contribution is 9.10. The molecule has 1 aliphatic heterocycles. The van der Waals surface area contributed by atoms with Gasteiger partial charge >= 0.3 is 0 Å². The van der Waals surface area contributed by atoms with Crippen molar-refractivity contribution in [2.75, 3.05) is 12.0 Å². The molecule has 1 fully saturated rings. The molecule has 3 rings (SSSR count). The number of thiocarbonyl (C=S) groups is 1. The van der Waals surface area contributed by atoms with E-state index in [9.17, 15) is 9.59 Å². The van der Waals surface area contributed by atoms with Crippen LogP contribution in [0.15, 0.2) is 51.1 Å². The Morgan fingerprint density at radius 2 is 1.92 bits per heavy atom. The molecule has 1 aromatic carbocycles. The summed E-state index contributed by atoms with van der Waals surface area (Å²) in [4.78, 5) is 26.1. The Morgan fingerprint density at radius 1 is 1.21 bits per heavy atom. The average molecular weight is 407 g/mol. The van der Waals surface area contributed by atoms with Gasteiger partial charge in [0.25, 0.3) is 11.8 Å². The number of methoxy groups -OCH3 is 1. The van der Waals surface area contributed by atoms with Gasteiger partial charge in [-0.05, 0) is 70.6 Å². The Kier molecular flexibility index (Phi) is 4.50. The van der Waals surface area contributed by atoms with Crippen molar-refractivity contribution in [2.45, 2.75) is 0 Å². The smallest absolute Gasteiger partial charge is 0.270 e. The van der Waals surface area contributed by atoms with E-state index in [1.165, 1.54) is 11.0 Å². The molecule has 122 valence electrons. The lowest BCUT2D eigenvalue weighted by atomic mass is 10.1. The van der Waals surface area contributed by atoms with Crippen LogP contribution in [0.2, 0.25) is 0 Å². The Balaban J connectivity index is 1.97. The number of benzene rings is 1. The molecule has 0 unspecified atom stereocenters. The number of nitrogens with one attached hydrogen (secondary N) is 1. The maximum Gasteiger partial charge on any atom is 0.270 e. The molecule has 0 radical (unpaired) electrons. The predicted molar refractivity (Wildman–Crippen MR) is 95.6 cm³/mol. The van der Waals surface area contributed by atoms with Crippen LogP contribution in [0.4, 0.5) is 5.69 Å². The first-order valence-electron chi connectivity index (χ1n) is 6.80. The summed E-state index contributed by atoms with van der Waals surface area (Å²) in [7, 11) is 1.55. The molecule has 2 amide bonds. The summed E-state index contributed by atoms with van der Waals surface area (Å²) in [6, 6.07) is 10.1. The van der Waals surface area contributed by atoms with Crippen molar-refractivity contribution in [3.63, 3.8) is 0 Å². The van der Waals surface area contributed by atoms with E-state index in [-0.39, 0.29) is 10.7 Å². The van der Waals surface area contributed by atoms with Crippen molar-refractivity contribution in [1.82, 2.24) is 5.32 Å². The molecule has 1 aromatic heterocycles. The number of ether oxygens (including phenoxy) is 1. The van der Waals surface area contributed by atoms with Gasteiger partial charge in [-0.1, -0.05) is 0 Å². The van der Waals surface area contributed by atoms with E-state index in [4.69, 9.17) is 21.4 Å². The summed E-state index contributed by atoms with van der Waals surface area (Å²) in [5.74, 6) is -0.0686. The minimum atomic E-state index is -0.567. The zero-order chi connectivity index (χ0) is 17.3. The van der Waals surface area contributed by atoms with E-state index in [1.54, 1.807) is 43.5 Å². The average Bonchev–Trinajstić information content (AvgIpc) is 2.97. The number of halogens is 1. The summed E-state index contributed by atoms with van der Waals surface area (Å²) in [5, 5.41) is 2.53. The lowest BCUT2D eigenvalue weighted by Crippen LogP contribution is -2.54. The van der Waals surface area contributed by atoms with Crippen LogP contribution in [0.1, 0.15) is 5.76 Å². The largest absolute Gasteiger partial charge is 0.497 e. The van der Waals surface area contributed by atoms with Crippen molar-refractivity contribution >= 4 is 56.8 Å². The van der Waals surface area contributed by atoms with Gasteiger partial charge in [-0.25, -0.2) is 0 Å². The number of hydrogen-bond acceptors (Lipinski definition) is 5. The first kappa shape index (κ1) is 16.4. The number of carbonyl (C=O) groups is 2. The van der Waals surface area contributed by atoms with Gasteiger partial charge in [-0.3, -0.25) is 19.8 Å². The minimum absolute atomic E-state index is 0.0212. The molecule has 1 N–H and O–H groups in total. The number of furan rings is 1. The van der Waals surface area contributed by atoms with E-state index >= 15 is 0 Å². The molecular formula is C16H11BrN2O4S. The van der Waals surface area contributed by atoms with Crippen LogP contribution >= 0.6 is 28.1 Å². The van der Waals surface area contributed by atoms with Crippen molar-refractivity contribution in [1.29, 1.82) is 0 Å². The lowest BCUT2D eigenvalue weighted by molar-refractivity contribution is -0.122. The molecule has 6 nitrogen and oxygen atoms in total. The third-order valence-electron chi connectivity index (χ3n) is 3.31. The first-order valence-corrected chi connectivity index (χ1v) is 8.00. The van der Waals surface area contributed by atoms with Gasteiger partial charge in [0.2, 0.25) is 0 Å². The maximum absolute atomic E-state index is 12.7. The second kappa shape index (κ2) is 6.58. The van der Waals surface area contributed by atoms with Gasteiger partial charge in [-0.2, -0.15) is 0 Å². The molecule has 1 saturated heterocycles. The van der Waals surface area contributed by atoms with Crippen LogP contribution in [0.3, 0.4) is 0 Å². The summed E-state index contributed by atoms with van der Waals surface area (Å²) in [5.41, 5.74) is 0.457. The number of anilines is 1. The zero-order valence-corrected chi connectivity index (χ0v) is 14.8. The predicted octanol–water partition coefficient (Wildman–Crippen LogP) is 2.88. The summed E-state index contributed by atoms with van der Waals surface area (Å²) in [6.45, 7) is 0. The second-order valence-electron chi connectivity index (χ2n) is 4.80. The molecule has 2 aromatic rings. The van der Waals surface area contributed by atoms with Crippen molar-refractivity contribution in [2.24, 2.45) is 0 Å². The highest BCUT2D eigenvalue weighted by Crippen LogP contribution is 2.25. The van der Waals surface area contributed by atoms with E-state index < -0.39 is 11.8 Å². The van der Waals surface area contributed by atoms with Crippen molar-refractivity contribution < 1.29 is 18.7 Å². The molecule has 0 aliphatic carbocycles. The van der Waals surface area contributed by atoms with Gasteiger partial charge in [-0.15, -0.1) is 0 Å². The SMILES string of the molecule is COc1ccc(N2C(=O)/C(=C/c3ccc(Br)o3)C(=O)NC2=S)cc1. The van der Waals surface area contributed by atoms with E-state index in [0.29, 0.717) is 21.9 Å². The van der Waals surface area contributed by atoms with Gasteiger partial charge in [0.1, 0.15) is 17.1 Å². The van der Waals surface area contributed by atoms with Crippen LogP contribution in [0.25, 0.3) is 6.08 Å². The minimum Gasteiger partial charge on any atom is -0.497 e. The molecule has 0 atom stereocenters. The van der Waals surface area contributed by atoms with Crippen molar-refractivity contribution in [3.8, 4) is 5.75 Å². The topological polar surface area (TPSA) is 71.8 Å². The zero-order valence-electron chi connectivity index (χ0n) is 12.4. The Morgan fingerprint density at radius 3 is 2.50 bits per heavy atom. The molecule has 2 heterocycles. The van der Waals surface area contributed by atoms with Crippen LogP contribution in [-0.2, 0) is 9.59 Å². The third kappa shape index (κ3) is 3.10. The number of nitrogens with zero attached hydrogens (tertiary/aromatic N) is 1. The molecule has 0 saturated carbocycles. The molecule has 1 aliphatic rings. The molecule has 0 spiro atoms. The van der Waals surface area contributed by atoms with Crippen LogP contribution in [-0.4, -0.2) is 24.0 Å². The van der Waals surface area contributed by atoms with E-state index in [0.717, 1.165) is 0 Å². The molecule has 8 heteroatoms. The standard InChI is InChI=1S/C16H11BrN2O4S/c1-22-10-4-2-9(3-5-10)19-15(21)12(14(20)18-16(19)24)8-11-6-7-13(17)23-11/h2-8H,1H3,(H,18,20,24)/b12-8+. The lowest BCUT2D eigenvalue weighted by Gasteiger charge is -2.28. The van der Waals surface area contributed by atoms with E-state index in [1.807, 2.05) is 0 Å². The first-order chi connectivity index (χ1) is 11.5. The van der Waals surface area contributed by atoms with Crippen LogP contribution < -0.4 is 15.0 Å². The van der Waals surface area contributed by atoms with Crippen molar-refractivity contribution in [3.05, 3.63) is 52.4 Å². The van der Waals surface area contributed by atoms with Crippen LogP contribution in [0.5, 0.6) is 5.75 Å². The maximum atomic E-state index is 12.7. The Labute approximate surface area is 151 Å². The van der Waals surface area contributed by atoms with Gasteiger partial charge in [0.15, 0.2) is 9.78 Å². The Hall–Kier alpha value is -2.45. The van der Waals surface area contributed by atoms with Gasteiger partial charge < -0.3 is 9.15 Å². The number of hydrogen-bond donors (Lipinski definition) is 1. The summed E-state index contributed by atoms with van der Waals surface area (Å²) in [6.07, 6.45) is 1.38. The monoisotopic (exact) mass is 406 g/mol. The summed E-state index contributed by atoms with van der Waals surface area (Å²) < 4.78 is 10.9. The van der Waals surface area contributed by atoms with Gasteiger partial charge in [0, 0.05) is 0 Å². The molecule has 24 heavy (non-hydrogen) atoms. The Bertz CT molecular complexity index is 857. The fourth-order valence-corrected chi connectivity index (χ4v) is 2.77.